The molecule has 0 N–H and O–H groups in total. The zero-order valence-electron chi connectivity index (χ0n) is 28.2. The van der Waals surface area contributed by atoms with Gasteiger partial charge in [-0.15, -0.1) is 0 Å². The molecule has 7 aromatic carbocycles. The van der Waals surface area contributed by atoms with Gasteiger partial charge < -0.3 is 13.6 Å². The van der Waals surface area contributed by atoms with Crippen LogP contribution >= 0.6 is 0 Å². The Labute approximate surface area is 297 Å². The van der Waals surface area contributed by atoms with Crippen molar-refractivity contribution >= 4 is 65.6 Å². The monoisotopic (exact) mass is 667 g/mol. The fraction of sp³-hybridized carbons (Fsp3) is 0.0217. The van der Waals surface area contributed by atoms with E-state index in [1.54, 1.807) is 0 Å². The number of aryl methyl sites for hydroxylation is 1. The van der Waals surface area contributed by atoms with Crippen molar-refractivity contribution in [2.24, 2.45) is 0 Å². The average Bonchev–Trinajstić information content (AvgIpc) is 3.85. The molecule has 0 aliphatic carbocycles. The van der Waals surface area contributed by atoms with Crippen LogP contribution in [0.1, 0.15) is 5.82 Å². The summed E-state index contributed by atoms with van der Waals surface area (Å²) in [6.07, 6.45) is 0. The summed E-state index contributed by atoms with van der Waals surface area (Å²) in [6.45, 7) is 1.91. The Morgan fingerprint density at radius 1 is 0.442 bits per heavy atom. The molecule has 0 radical (unpaired) electrons. The van der Waals surface area contributed by atoms with E-state index in [1.807, 2.05) is 49.4 Å². The second kappa shape index (κ2) is 11.0. The minimum absolute atomic E-state index is 0.629. The van der Waals surface area contributed by atoms with Crippen molar-refractivity contribution in [3.8, 4) is 34.2 Å². The van der Waals surface area contributed by atoms with Gasteiger partial charge in [0, 0.05) is 60.9 Å². The first kappa shape index (κ1) is 28.8. The van der Waals surface area contributed by atoms with Crippen molar-refractivity contribution < 1.29 is 4.42 Å². The summed E-state index contributed by atoms with van der Waals surface area (Å²) in [5.41, 5.74) is 10.3. The Morgan fingerprint density at radius 3 is 1.96 bits per heavy atom. The number of fused-ring (bicyclic) bond motifs is 10. The first-order valence-corrected chi connectivity index (χ1v) is 17.5. The van der Waals surface area contributed by atoms with E-state index in [9.17, 15) is 0 Å². The predicted molar refractivity (Wildman–Crippen MR) is 211 cm³/mol. The highest BCUT2D eigenvalue weighted by molar-refractivity contribution is 6.26. The van der Waals surface area contributed by atoms with E-state index in [1.165, 1.54) is 32.6 Å². The summed E-state index contributed by atoms with van der Waals surface area (Å²) in [6, 6.07) is 55.3. The Bertz CT molecular complexity index is 3190. The van der Waals surface area contributed by atoms with Crippen LogP contribution in [0.2, 0.25) is 0 Å². The molecule has 0 spiro atoms. The van der Waals surface area contributed by atoms with Crippen LogP contribution in [0.5, 0.6) is 0 Å². The van der Waals surface area contributed by atoms with Gasteiger partial charge in [0.05, 0.1) is 22.1 Å². The molecule has 6 nitrogen and oxygen atoms in total. The Hall–Kier alpha value is -7.05. The van der Waals surface area contributed by atoms with E-state index in [2.05, 4.69) is 129 Å². The van der Waals surface area contributed by atoms with E-state index >= 15 is 0 Å². The van der Waals surface area contributed by atoms with Crippen LogP contribution in [-0.2, 0) is 0 Å². The summed E-state index contributed by atoms with van der Waals surface area (Å²) in [5.74, 6) is 1.95. The fourth-order valence-electron chi connectivity index (χ4n) is 8.09. The minimum atomic E-state index is 0.629. The van der Waals surface area contributed by atoms with Crippen LogP contribution in [0.3, 0.4) is 0 Å². The maximum Gasteiger partial charge on any atom is 0.164 e. The third-order valence-electron chi connectivity index (χ3n) is 10.2. The number of rotatable bonds is 4. The van der Waals surface area contributed by atoms with Crippen molar-refractivity contribution in [2.75, 3.05) is 0 Å². The quantitative estimate of drug-likeness (QED) is 0.187. The van der Waals surface area contributed by atoms with Gasteiger partial charge in [-0.3, -0.25) is 0 Å². The molecule has 0 aliphatic rings. The molecular formula is C46H29N5O. The third-order valence-corrected chi connectivity index (χ3v) is 10.2. The Balaban J connectivity index is 1.15. The lowest BCUT2D eigenvalue weighted by atomic mass is 10.1. The topological polar surface area (TPSA) is 61.7 Å². The van der Waals surface area contributed by atoms with E-state index < -0.39 is 0 Å². The summed E-state index contributed by atoms with van der Waals surface area (Å²) >= 11 is 0. The summed E-state index contributed by atoms with van der Waals surface area (Å²) in [5, 5.41) is 6.91. The molecule has 52 heavy (non-hydrogen) atoms. The zero-order chi connectivity index (χ0) is 34.3. The first-order chi connectivity index (χ1) is 25.7. The van der Waals surface area contributed by atoms with Gasteiger partial charge in [-0.25, -0.2) is 15.0 Å². The molecule has 11 rings (SSSR count). The molecule has 11 aromatic rings. The molecular weight excluding hydrogens is 639 g/mol. The molecule has 0 fully saturated rings. The van der Waals surface area contributed by atoms with Gasteiger partial charge in [-0.05, 0) is 55.5 Å². The predicted octanol–water partition coefficient (Wildman–Crippen LogP) is 11.6. The maximum atomic E-state index is 6.62. The van der Waals surface area contributed by atoms with Crippen molar-refractivity contribution in [1.29, 1.82) is 0 Å². The molecule has 244 valence electrons. The van der Waals surface area contributed by atoms with Gasteiger partial charge in [0.25, 0.3) is 0 Å². The number of nitrogens with zero attached hydrogens (tertiary/aromatic N) is 5. The van der Waals surface area contributed by atoms with E-state index in [0.717, 1.165) is 55.5 Å². The maximum absolute atomic E-state index is 6.62. The van der Waals surface area contributed by atoms with Gasteiger partial charge >= 0.3 is 0 Å². The van der Waals surface area contributed by atoms with Crippen LogP contribution < -0.4 is 0 Å². The van der Waals surface area contributed by atoms with E-state index in [4.69, 9.17) is 14.4 Å². The van der Waals surface area contributed by atoms with Crippen LogP contribution in [0.4, 0.5) is 0 Å². The summed E-state index contributed by atoms with van der Waals surface area (Å²) < 4.78 is 11.4. The smallest absolute Gasteiger partial charge is 0.164 e. The van der Waals surface area contributed by atoms with Crippen LogP contribution in [0.25, 0.3) is 99.7 Å². The van der Waals surface area contributed by atoms with Crippen LogP contribution in [-0.4, -0.2) is 24.1 Å². The van der Waals surface area contributed by atoms with Gasteiger partial charge in [0.15, 0.2) is 11.6 Å². The lowest BCUT2D eigenvalue weighted by Gasteiger charge is -2.10. The van der Waals surface area contributed by atoms with Crippen LogP contribution in [0.15, 0.2) is 162 Å². The van der Waals surface area contributed by atoms with Crippen LogP contribution in [0, 0.1) is 6.92 Å². The zero-order valence-corrected chi connectivity index (χ0v) is 28.2. The van der Waals surface area contributed by atoms with Gasteiger partial charge in [-0.2, -0.15) is 0 Å². The lowest BCUT2D eigenvalue weighted by Crippen LogP contribution is -1.99. The minimum Gasteiger partial charge on any atom is -0.456 e. The summed E-state index contributed by atoms with van der Waals surface area (Å²) in [4.78, 5) is 14.4. The molecule has 0 saturated carbocycles. The Morgan fingerprint density at radius 2 is 1.13 bits per heavy atom. The Kier molecular flexibility index (Phi) is 6.07. The number of furan rings is 1. The normalized spacial score (nSPS) is 11.9. The number of benzene rings is 7. The molecule has 4 aromatic heterocycles. The second-order valence-electron chi connectivity index (χ2n) is 13.3. The highest BCUT2D eigenvalue weighted by Crippen LogP contribution is 2.43. The van der Waals surface area contributed by atoms with E-state index in [0.29, 0.717) is 17.5 Å². The number of hydrogen-bond donors (Lipinski definition) is 0. The highest BCUT2D eigenvalue weighted by atomic mass is 16.3. The molecule has 6 heteroatoms. The van der Waals surface area contributed by atoms with Crippen molar-refractivity contribution in [3.05, 3.63) is 164 Å². The SMILES string of the molecule is Cc1nc(-c2ccccc2)nc(-c2cccc3oc4cc(-n5c6ccccc6c6c5ccc5c7ccccc7n(-c7ccccc7)c56)ccc4c23)n1. The fourth-order valence-corrected chi connectivity index (χ4v) is 8.09. The standard InChI is InChI=1S/C46H29N5O/c1-28-47-45(29-13-4-2-5-14-29)49-46(48-28)36-19-12-22-40-42(36)35-24-23-31(27-41(35)52-40)50-38-21-11-9-18-34(38)43-39(50)26-25-33-32-17-8-10-20-37(32)51(44(33)43)30-15-6-3-7-16-30/h2-27H,1H3. The van der Waals surface area contributed by atoms with E-state index in [-0.39, 0.29) is 0 Å². The third kappa shape index (κ3) is 4.15. The molecule has 0 unspecified atom stereocenters. The lowest BCUT2D eigenvalue weighted by molar-refractivity contribution is 0.668. The van der Waals surface area contributed by atoms with Crippen molar-refractivity contribution in [2.45, 2.75) is 6.92 Å². The molecule has 0 bridgehead atoms. The average molecular weight is 668 g/mol. The van der Waals surface area contributed by atoms with Gasteiger partial charge in [0.2, 0.25) is 0 Å². The van der Waals surface area contributed by atoms with Crippen molar-refractivity contribution in [1.82, 2.24) is 24.1 Å². The van der Waals surface area contributed by atoms with Gasteiger partial charge in [-0.1, -0.05) is 103 Å². The highest BCUT2D eigenvalue weighted by Gasteiger charge is 2.22. The van der Waals surface area contributed by atoms with Gasteiger partial charge in [0.1, 0.15) is 17.0 Å². The molecule has 0 atom stereocenters. The van der Waals surface area contributed by atoms with Crippen molar-refractivity contribution in [3.63, 3.8) is 0 Å². The first-order valence-electron chi connectivity index (χ1n) is 17.5. The molecule has 0 saturated heterocycles. The molecule has 0 amide bonds. The number of hydrogen-bond acceptors (Lipinski definition) is 4. The number of aromatic nitrogens is 5. The largest absolute Gasteiger partial charge is 0.456 e. The second-order valence-corrected chi connectivity index (χ2v) is 13.3. The molecule has 4 heterocycles. The molecule has 0 aliphatic heterocycles. The summed E-state index contributed by atoms with van der Waals surface area (Å²) in [7, 11) is 0. The number of para-hydroxylation sites is 3.